The molecule has 0 spiro atoms. The number of anilines is 1. The molecule has 1 aliphatic carbocycles. The second-order valence-corrected chi connectivity index (χ2v) is 6.31. The van der Waals surface area contributed by atoms with Crippen molar-refractivity contribution < 1.29 is 9.90 Å². The third-order valence-corrected chi connectivity index (χ3v) is 3.35. The van der Waals surface area contributed by atoms with E-state index >= 15 is 0 Å². The van der Waals surface area contributed by atoms with E-state index in [4.69, 9.17) is 5.11 Å². The summed E-state index contributed by atoms with van der Waals surface area (Å²) in [6.45, 7) is 6.19. The maximum Gasteiger partial charge on any atom is 0.323 e. The van der Waals surface area contributed by atoms with Crippen LogP contribution >= 0.6 is 0 Å². The lowest BCUT2D eigenvalue weighted by Gasteiger charge is -2.26. The minimum absolute atomic E-state index is 0.188. The van der Waals surface area contributed by atoms with Gasteiger partial charge in [0.1, 0.15) is 6.54 Å². The van der Waals surface area contributed by atoms with Crippen molar-refractivity contribution in [1.82, 2.24) is 9.55 Å². The molecule has 1 saturated carbocycles. The van der Waals surface area contributed by atoms with Crippen LogP contribution in [0, 0.1) is 5.92 Å². The second kappa shape index (κ2) is 5.26. The molecule has 1 heterocycles. The zero-order valence-corrected chi connectivity index (χ0v) is 12.2. The Balaban J connectivity index is 2.37. The summed E-state index contributed by atoms with van der Waals surface area (Å²) in [5.41, 5.74) is -0.592. The standard InChI is InChI=1S/C14H21N3O3/c1-14(2,3)17-7-6-15-12(13(17)20)16(9-11(18)19)8-10-4-5-10/h6-7,10H,4-5,8-9H2,1-3H3,(H,18,19). The molecule has 0 aliphatic heterocycles. The van der Waals surface area contributed by atoms with Crippen LogP contribution in [-0.2, 0) is 10.3 Å². The summed E-state index contributed by atoms with van der Waals surface area (Å²) in [4.78, 5) is 29.2. The summed E-state index contributed by atoms with van der Waals surface area (Å²) >= 11 is 0. The first-order chi connectivity index (χ1) is 9.29. The monoisotopic (exact) mass is 279 g/mol. The molecule has 0 saturated heterocycles. The first-order valence-electron chi connectivity index (χ1n) is 6.84. The molecule has 0 atom stereocenters. The van der Waals surface area contributed by atoms with E-state index in [2.05, 4.69) is 4.98 Å². The van der Waals surface area contributed by atoms with Gasteiger partial charge in [0.15, 0.2) is 5.82 Å². The van der Waals surface area contributed by atoms with Crippen LogP contribution < -0.4 is 10.5 Å². The number of aliphatic carboxylic acids is 1. The van der Waals surface area contributed by atoms with E-state index in [1.54, 1.807) is 21.9 Å². The lowest BCUT2D eigenvalue weighted by molar-refractivity contribution is -0.135. The van der Waals surface area contributed by atoms with Crippen molar-refractivity contribution in [1.29, 1.82) is 0 Å². The fraction of sp³-hybridized carbons (Fsp3) is 0.643. The van der Waals surface area contributed by atoms with Gasteiger partial charge in [-0.25, -0.2) is 4.98 Å². The summed E-state index contributed by atoms with van der Waals surface area (Å²) in [5.74, 6) is -0.228. The summed E-state index contributed by atoms with van der Waals surface area (Å²) < 4.78 is 1.59. The number of nitrogens with zero attached hydrogens (tertiary/aromatic N) is 3. The van der Waals surface area contributed by atoms with Crippen molar-refractivity contribution in [2.75, 3.05) is 18.0 Å². The molecule has 0 bridgehead atoms. The number of aromatic nitrogens is 2. The van der Waals surface area contributed by atoms with Gasteiger partial charge >= 0.3 is 5.97 Å². The van der Waals surface area contributed by atoms with Crippen molar-refractivity contribution in [3.63, 3.8) is 0 Å². The highest BCUT2D eigenvalue weighted by Gasteiger charge is 2.28. The summed E-state index contributed by atoms with van der Waals surface area (Å²) in [6, 6.07) is 0. The molecule has 6 heteroatoms. The highest BCUT2D eigenvalue weighted by atomic mass is 16.4. The number of hydrogen-bond donors (Lipinski definition) is 1. The maximum absolute atomic E-state index is 12.5. The molecule has 0 radical (unpaired) electrons. The predicted octanol–water partition coefficient (Wildman–Crippen LogP) is 1.30. The normalized spacial score (nSPS) is 15.2. The zero-order chi connectivity index (χ0) is 14.9. The SMILES string of the molecule is CC(C)(C)n1ccnc(N(CC(=O)O)CC2CC2)c1=O. The molecule has 1 aromatic rings. The Morgan fingerprint density at radius 1 is 1.50 bits per heavy atom. The number of carboxylic acids is 1. The van der Waals surface area contributed by atoms with E-state index in [0.29, 0.717) is 12.5 Å². The second-order valence-electron chi connectivity index (χ2n) is 6.31. The van der Waals surface area contributed by atoms with Crippen LogP contribution in [0.4, 0.5) is 5.82 Å². The molecule has 0 aromatic carbocycles. The highest BCUT2D eigenvalue weighted by Crippen LogP contribution is 2.30. The number of carboxylic acid groups (broad SMARTS) is 1. The smallest absolute Gasteiger partial charge is 0.323 e. The summed E-state index contributed by atoms with van der Waals surface area (Å²) in [6.07, 6.45) is 5.39. The lowest BCUT2D eigenvalue weighted by Crippen LogP contribution is -2.41. The Labute approximate surface area is 118 Å². The van der Waals surface area contributed by atoms with E-state index in [-0.39, 0.29) is 23.5 Å². The Morgan fingerprint density at radius 2 is 2.15 bits per heavy atom. The molecular weight excluding hydrogens is 258 g/mol. The minimum atomic E-state index is -0.946. The van der Waals surface area contributed by atoms with Crippen molar-refractivity contribution in [3.8, 4) is 0 Å². The van der Waals surface area contributed by atoms with Crippen LogP contribution in [0.1, 0.15) is 33.6 Å². The van der Waals surface area contributed by atoms with Gasteiger partial charge in [0.05, 0.1) is 0 Å². The minimum Gasteiger partial charge on any atom is -0.480 e. The first-order valence-corrected chi connectivity index (χ1v) is 6.84. The largest absolute Gasteiger partial charge is 0.480 e. The van der Waals surface area contributed by atoms with Crippen molar-refractivity contribution in [3.05, 3.63) is 22.7 Å². The van der Waals surface area contributed by atoms with Gasteiger partial charge in [-0.1, -0.05) is 0 Å². The third kappa shape index (κ3) is 3.37. The Bertz CT molecular complexity index is 556. The van der Waals surface area contributed by atoms with E-state index in [0.717, 1.165) is 12.8 Å². The molecule has 110 valence electrons. The summed E-state index contributed by atoms with van der Waals surface area (Å²) in [5, 5.41) is 9.02. The van der Waals surface area contributed by atoms with Gasteiger partial charge in [0, 0.05) is 24.5 Å². The molecule has 0 unspecified atom stereocenters. The van der Waals surface area contributed by atoms with Crippen LogP contribution in [0.3, 0.4) is 0 Å². The van der Waals surface area contributed by atoms with Crippen molar-refractivity contribution in [2.45, 2.75) is 39.2 Å². The van der Waals surface area contributed by atoms with Crippen LogP contribution in [0.5, 0.6) is 0 Å². The Kier molecular flexibility index (Phi) is 3.83. The fourth-order valence-electron chi connectivity index (χ4n) is 2.15. The van der Waals surface area contributed by atoms with E-state index in [1.807, 2.05) is 20.8 Å². The highest BCUT2D eigenvalue weighted by molar-refractivity contribution is 5.73. The van der Waals surface area contributed by atoms with Gasteiger partial charge in [-0.05, 0) is 39.5 Å². The van der Waals surface area contributed by atoms with Gasteiger partial charge in [-0.2, -0.15) is 0 Å². The van der Waals surface area contributed by atoms with Crippen molar-refractivity contribution >= 4 is 11.8 Å². The van der Waals surface area contributed by atoms with Crippen LogP contribution in [-0.4, -0.2) is 33.7 Å². The molecule has 2 rings (SSSR count). The Morgan fingerprint density at radius 3 is 2.65 bits per heavy atom. The summed E-state index contributed by atoms with van der Waals surface area (Å²) in [7, 11) is 0. The number of rotatable bonds is 5. The van der Waals surface area contributed by atoms with Gasteiger partial charge in [0.25, 0.3) is 5.56 Å². The molecule has 1 fully saturated rings. The lowest BCUT2D eigenvalue weighted by atomic mass is 10.1. The van der Waals surface area contributed by atoms with Gasteiger partial charge in [-0.15, -0.1) is 0 Å². The molecule has 1 N–H and O–H groups in total. The molecule has 20 heavy (non-hydrogen) atoms. The molecule has 0 amide bonds. The van der Waals surface area contributed by atoms with E-state index in [9.17, 15) is 9.59 Å². The zero-order valence-electron chi connectivity index (χ0n) is 12.2. The first kappa shape index (κ1) is 14.6. The fourth-order valence-corrected chi connectivity index (χ4v) is 2.15. The molecule has 6 nitrogen and oxygen atoms in total. The number of hydrogen-bond acceptors (Lipinski definition) is 4. The quantitative estimate of drug-likeness (QED) is 0.879. The third-order valence-electron chi connectivity index (χ3n) is 3.35. The Hall–Kier alpha value is -1.85. The van der Waals surface area contributed by atoms with E-state index in [1.165, 1.54) is 0 Å². The molecule has 1 aromatic heterocycles. The maximum atomic E-state index is 12.5. The average Bonchev–Trinajstić information content (AvgIpc) is 3.10. The van der Waals surface area contributed by atoms with E-state index < -0.39 is 5.97 Å². The van der Waals surface area contributed by atoms with Gasteiger partial charge in [-0.3, -0.25) is 9.59 Å². The molecule has 1 aliphatic rings. The van der Waals surface area contributed by atoms with Crippen LogP contribution in [0.15, 0.2) is 17.2 Å². The van der Waals surface area contributed by atoms with Gasteiger partial charge in [0.2, 0.25) is 0 Å². The van der Waals surface area contributed by atoms with Crippen molar-refractivity contribution in [2.24, 2.45) is 5.92 Å². The number of carbonyl (C=O) groups is 1. The topological polar surface area (TPSA) is 75.4 Å². The van der Waals surface area contributed by atoms with Gasteiger partial charge < -0.3 is 14.6 Å². The molecular formula is C14H21N3O3. The van der Waals surface area contributed by atoms with Crippen LogP contribution in [0.2, 0.25) is 0 Å². The average molecular weight is 279 g/mol. The van der Waals surface area contributed by atoms with Crippen LogP contribution in [0.25, 0.3) is 0 Å². The predicted molar refractivity (Wildman–Crippen MR) is 76.1 cm³/mol.